The highest BCUT2D eigenvalue weighted by Gasteiger charge is 2.05. The smallest absolute Gasteiger partial charge is 0.104 e. The van der Waals surface area contributed by atoms with Gasteiger partial charge in [-0.05, 0) is 35.9 Å². The molecule has 0 radical (unpaired) electrons. The molecule has 0 saturated carbocycles. The predicted molar refractivity (Wildman–Crippen MR) is 61.3 cm³/mol. The largest absolute Gasteiger partial charge is 0.310 e. The molecule has 0 aliphatic rings. The summed E-state index contributed by atoms with van der Waals surface area (Å²) in [4.78, 5) is 0.393. The average Bonchev–Trinajstić information content (AvgIpc) is 2.15. The van der Waals surface area contributed by atoms with Gasteiger partial charge in [0.25, 0.3) is 0 Å². The Labute approximate surface area is 85.8 Å². The van der Waals surface area contributed by atoms with Crippen LogP contribution in [0.4, 0.5) is 0 Å². The van der Waals surface area contributed by atoms with Crippen molar-refractivity contribution in [2.75, 3.05) is 0 Å². The van der Waals surface area contributed by atoms with Crippen LogP contribution in [0.25, 0.3) is 0 Å². The summed E-state index contributed by atoms with van der Waals surface area (Å²) in [6.07, 6.45) is 1.07. The second kappa shape index (κ2) is 4.15. The van der Waals surface area contributed by atoms with E-state index in [1.165, 1.54) is 5.56 Å². The molecule has 3 heteroatoms. The summed E-state index contributed by atoms with van der Waals surface area (Å²) >= 11 is 0. The molecule has 0 saturated heterocycles. The number of hydrogen-bond acceptors (Lipinski definition) is 1. The second-order valence-corrected chi connectivity index (χ2v) is 5.27. The predicted octanol–water partition coefficient (Wildman–Crippen LogP) is 2.75. The maximum absolute atomic E-state index is 11.2. The van der Waals surface area contributed by atoms with E-state index in [1.807, 2.05) is 12.1 Å². The lowest BCUT2D eigenvalue weighted by molar-refractivity contribution is 0.560. The zero-order valence-corrected chi connectivity index (χ0v) is 9.38. The maximum atomic E-state index is 11.2. The van der Waals surface area contributed by atoms with Gasteiger partial charge in [-0.1, -0.05) is 26.0 Å². The molecule has 0 spiro atoms. The zero-order chi connectivity index (χ0) is 10.8. The minimum absolute atomic E-state index is 0.393. The molecule has 1 rings (SSSR count). The minimum Gasteiger partial charge on any atom is -0.310 e. The third-order valence-corrected chi connectivity index (χ3v) is 3.44. The van der Waals surface area contributed by atoms with Crippen molar-refractivity contribution in [1.29, 1.82) is 0 Å². The molecule has 2 atom stereocenters. The van der Waals surface area contributed by atoms with Gasteiger partial charge in [-0.15, -0.1) is 0 Å². The van der Waals surface area contributed by atoms with Gasteiger partial charge in [-0.2, -0.15) is 0 Å². The molecular formula is C11H16O2S. The van der Waals surface area contributed by atoms with Crippen molar-refractivity contribution in [3.05, 3.63) is 29.8 Å². The molecule has 1 N–H and O–H groups in total. The lowest BCUT2D eigenvalue weighted by atomic mass is 9.99. The first-order valence-electron chi connectivity index (χ1n) is 4.64. The Balaban J connectivity index is 3.01. The minimum atomic E-state index is -3.05. The van der Waals surface area contributed by atoms with Crippen LogP contribution >= 0.6 is 0 Å². The molecular weight excluding hydrogens is 196 g/mol. The quantitative estimate of drug-likeness (QED) is 0.782. The Morgan fingerprint density at radius 1 is 1.43 bits per heavy atom. The van der Waals surface area contributed by atoms with Gasteiger partial charge in [0.2, 0.25) is 0 Å². The summed E-state index contributed by atoms with van der Waals surface area (Å²) in [6.45, 7) is 4.25. The monoisotopic (exact) mass is 212 g/mol. The van der Waals surface area contributed by atoms with Gasteiger partial charge in [-0.25, -0.2) is 4.21 Å². The van der Waals surface area contributed by atoms with E-state index in [1.54, 1.807) is 12.1 Å². The first kappa shape index (κ1) is 11.3. The van der Waals surface area contributed by atoms with Crippen LogP contribution in [0.2, 0.25) is 0 Å². The molecule has 0 amide bonds. The van der Waals surface area contributed by atoms with Crippen LogP contribution in [0.5, 0.6) is 0 Å². The lowest BCUT2D eigenvalue weighted by Gasteiger charge is -2.09. The third-order valence-electron chi connectivity index (χ3n) is 2.43. The van der Waals surface area contributed by atoms with Crippen molar-refractivity contribution in [2.24, 2.45) is 0 Å². The van der Waals surface area contributed by atoms with Gasteiger partial charge in [0.05, 0.1) is 4.90 Å². The van der Waals surface area contributed by atoms with Gasteiger partial charge in [0.15, 0.2) is 0 Å². The number of hydrogen-bond donors (Lipinski definition) is 1. The third kappa shape index (κ3) is 2.59. The van der Waals surface area contributed by atoms with Crippen molar-refractivity contribution in [3.63, 3.8) is 0 Å². The molecule has 0 heterocycles. The van der Waals surface area contributed by atoms with E-state index in [4.69, 9.17) is 0 Å². The topological polar surface area (TPSA) is 37.3 Å². The molecule has 1 aromatic rings. The highest BCUT2D eigenvalue weighted by Crippen LogP contribution is 2.20. The highest BCUT2D eigenvalue weighted by molar-refractivity contribution is 7.95. The molecule has 14 heavy (non-hydrogen) atoms. The van der Waals surface area contributed by atoms with Crippen LogP contribution < -0.4 is 0 Å². The molecule has 2 nitrogen and oxygen atoms in total. The van der Waals surface area contributed by atoms with Gasteiger partial charge >= 0.3 is 0 Å². The summed E-state index contributed by atoms with van der Waals surface area (Å²) in [5, 5.41) is 0. The number of rotatable bonds is 3. The van der Waals surface area contributed by atoms with Crippen LogP contribution in [0.15, 0.2) is 29.2 Å². The number of benzene rings is 1. The SMILES string of the molecule is C=S(=O)(O)c1ccc(C(C)CC)cc1. The molecule has 2 unspecified atom stereocenters. The molecule has 1 aromatic carbocycles. The Hall–Kier alpha value is -0.800. The van der Waals surface area contributed by atoms with Crippen molar-refractivity contribution in [3.8, 4) is 0 Å². The van der Waals surface area contributed by atoms with Crippen LogP contribution in [0, 0.1) is 0 Å². The van der Waals surface area contributed by atoms with Gasteiger partial charge in [0.1, 0.15) is 9.80 Å². The summed E-state index contributed by atoms with van der Waals surface area (Å²) in [5.41, 5.74) is 1.19. The van der Waals surface area contributed by atoms with Gasteiger partial charge < -0.3 is 4.55 Å². The van der Waals surface area contributed by atoms with Crippen molar-refractivity contribution in [2.45, 2.75) is 31.1 Å². The van der Waals surface area contributed by atoms with Crippen LogP contribution in [0.1, 0.15) is 31.7 Å². The summed E-state index contributed by atoms with van der Waals surface area (Å²) in [5.74, 6) is 3.71. The van der Waals surface area contributed by atoms with Gasteiger partial charge in [0, 0.05) is 0 Å². The highest BCUT2D eigenvalue weighted by atomic mass is 32.2. The van der Waals surface area contributed by atoms with E-state index in [0.29, 0.717) is 10.8 Å². The van der Waals surface area contributed by atoms with E-state index >= 15 is 0 Å². The summed E-state index contributed by atoms with van der Waals surface area (Å²) in [7, 11) is -3.05. The molecule has 0 bridgehead atoms. The Morgan fingerprint density at radius 3 is 2.29 bits per heavy atom. The van der Waals surface area contributed by atoms with Crippen LogP contribution in [0.3, 0.4) is 0 Å². The van der Waals surface area contributed by atoms with E-state index in [2.05, 4.69) is 19.7 Å². The van der Waals surface area contributed by atoms with Crippen molar-refractivity contribution < 1.29 is 8.76 Å². The average molecular weight is 212 g/mol. The van der Waals surface area contributed by atoms with E-state index in [9.17, 15) is 8.76 Å². The van der Waals surface area contributed by atoms with Crippen molar-refractivity contribution >= 4 is 15.7 Å². The summed E-state index contributed by atoms with van der Waals surface area (Å²) in [6, 6.07) is 7.14. The first-order valence-corrected chi connectivity index (χ1v) is 6.33. The zero-order valence-electron chi connectivity index (χ0n) is 8.56. The lowest BCUT2D eigenvalue weighted by Crippen LogP contribution is -1.98. The van der Waals surface area contributed by atoms with Crippen LogP contribution in [-0.4, -0.2) is 14.6 Å². The van der Waals surface area contributed by atoms with Gasteiger partial charge in [-0.3, -0.25) is 0 Å². The standard InChI is InChI=1S/C11H16O2S/c1-4-9(2)10-5-7-11(8-6-10)14(3,12)13/h5-9H,3-4H2,1-2H3,(H,12,13). The fourth-order valence-electron chi connectivity index (χ4n) is 1.24. The van der Waals surface area contributed by atoms with Crippen LogP contribution in [-0.2, 0) is 9.80 Å². The van der Waals surface area contributed by atoms with E-state index in [0.717, 1.165) is 6.42 Å². The Morgan fingerprint density at radius 2 is 1.93 bits per heavy atom. The van der Waals surface area contributed by atoms with E-state index < -0.39 is 9.80 Å². The second-order valence-electron chi connectivity index (χ2n) is 3.52. The maximum Gasteiger partial charge on any atom is 0.104 e. The Kier molecular flexibility index (Phi) is 3.34. The molecule has 0 aromatic heterocycles. The Bertz CT molecular complexity index is 390. The molecule has 78 valence electrons. The molecule has 0 aliphatic heterocycles. The summed E-state index contributed by atoms with van der Waals surface area (Å²) < 4.78 is 20.4. The molecule has 0 fully saturated rings. The normalized spacial score (nSPS) is 17.4. The fraction of sp³-hybridized carbons (Fsp3) is 0.364. The van der Waals surface area contributed by atoms with Crippen molar-refractivity contribution in [1.82, 2.24) is 0 Å². The molecule has 0 aliphatic carbocycles. The van der Waals surface area contributed by atoms with E-state index in [-0.39, 0.29) is 0 Å². The first-order chi connectivity index (χ1) is 6.45. The fourth-order valence-corrected chi connectivity index (χ4v) is 1.81.